The van der Waals surface area contributed by atoms with E-state index in [1.54, 1.807) is 98.7 Å². The first-order valence-electron chi connectivity index (χ1n) is 23.2. The number of carbonyl (C=O) groups excluding carboxylic acids is 4. The van der Waals surface area contributed by atoms with Crippen LogP contribution in [0, 0.1) is 6.92 Å². The van der Waals surface area contributed by atoms with Crippen LogP contribution in [-0.4, -0.2) is 76.7 Å². The van der Waals surface area contributed by atoms with Crippen molar-refractivity contribution in [2.75, 3.05) is 39.8 Å². The molecule has 0 spiro atoms. The van der Waals surface area contributed by atoms with E-state index in [0.717, 1.165) is 18.1 Å². The molecule has 21 nitrogen and oxygen atoms in total. The monoisotopic (exact) mass is 1040 g/mol. The number of ether oxygens (including phenoxy) is 3. The smallest absolute Gasteiger partial charge is 0.404 e. The van der Waals surface area contributed by atoms with Gasteiger partial charge in [-0.3, -0.25) is 34.1 Å². The number of hydrogen-bond donors (Lipinski definition) is 6. The molecule has 1 unspecified atom stereocenters. The van der Waals surface area contributed by atoms with Crippen molar-refractivity contribution in [1.82, 2.24) is 39.9 Å². The van der Waals surface area contributed by atoms with Crippen LogP contribution in [-0.2, 0) is 4.79 Å². The number of benzene rings is 4. The Hall–Kier alpha value is -10.8. The third-order valence-electron chi connectivity index (χ3n) is 10.8. The van der Waals surface area contributed by atoms with Crippen LogP contribution >= 0.6 is 0 Å². The first-order valence-corrected chi connectivity index (χ1v) is 23.2. The number of amides is 4. The lowest BCUT2D eigenvalue weighted by Gasteiger charge is -2.13. The van der Waals surface area contributed by atoms with Gasteiger partial charge in [-0.25, -0.2) is 24.9 Å². The van der Waals surface area contributed by atoms with Crippen molar-refractivity contribution in [1.29, 1.82) is 0 Å². The maximum Gasteiger partial charge on any atom is 0.404 e. The summed E-state index contributed by atoms with van der Waals surface area (Å²) in [4.78, 5) is 82.5. The minimum absolute atomic E-state index is 0. The van der Waals surface area contributed by atoms with E-state index in [9.17, 15) is 23.6 Å². The molecule has 1 atom stereocenters. The Morgan fingerprint density at radius 1 is 0.571 bits per heavy atom. The molecule has 8 N–H and O–H groups in total. The van der Waals surface area contributed by atoms with Gasteiger partial charge in [-0.1, -0.05) is 66.7 Å². The van der Waals surface area contributed by atoms with E-state index < -0.39 is 23.8 Å². The standard InChI is InChI=1S/C21H20N4O3.C18H14FN5O3.C16H13N5O.3H2/c1-13-20(24-18(12-22-13)15-7-5-4-6-8-15)21(27)25-17-11-16(23-14(2)26)9-10-19(17)28-3;1-18(19)26-13-6-2-5-11(15(13)27-18)24-17(25)14-16(20)22-9-12(23-14)10-4-3-7-21-8-10;17-15-14(16(22)20-12-6-8-18-9-7-12)21-13(10-19-15)11-4-2-1-3-5-11;;;/h4-12H,1-3H3,(H,23,26)(H,25,27);2-9H,1H3,(H2,20,22)(H,24,25);1-10H,(H2,17,19)(H,18,20,22);3*1H. The van der Waals surface area contributed by atoms with Crippen molar-refractivity contribution in [2.45, 2.75) is 26.8 Å². The molecular formula is C55H53FN14O7. The van der Waals surface area contributed by atoms with Gasteiger partial charge < -0.3 is 46.9 Å². The molecule has 0 fully saturated rings. The van der Waals surface area contributed by atoms with Gasteiger partial charge in [0.15, 0.2) is 34.5 Å². The summed E-state index contributed by atoms with van der Waals surface area (Å²) in [5, 5.41) is 10.8. The van der Waals surface area contributed by atoms with Gasteiger partial charge in [-0.15, -0.1) is 0 Å². The second kappa shape index (κ2) is 23.8. The van der Waals surface area contributed by atoms with Crippen molar-refractivity contribution in [3.8, 4) is 51.0 Å². The Morgan fingerprint density at radius 2 is 1.13 bits per heavy atom. The molecule has 392 valence electrons. The SMILES string of the molecule is CC1(F)Oc2cccc(NC(=O)c3nc(-c4cccnc4)cnc3N)c2O1.COc1ccc(NC(C)=O)cc1NC(=O)c1nc(-c2ccccc2)cnc1C.Nc1ncc(-c2ccccc2)nc1C(=O)Nc1ccncc1.[HH].[HH].[HH]. The zero-order valence-corrected chi connectivity index (χ0v) is 41.6. The van der Waals surface area contributed by atoms with Gasteiger partial charge in [-0.2, -0.15) is 4.39 Å². The van der Waals surface area contributed by atoms with Gasteiger partial charge in [0, 0.05) is 71.0 Å². The summed E-state index contributed by atoms with van der Waals surface area (Å²) in [6.07, 6.45) is 11.0. The van der Waals surface area contributed by atoms with Gasteiger partial charge in [0.25, 0.3) is 17.7 Å². The predicted molar refractivity (Wildman–Crippen MR) is 293 cm³/mol. The summed E-state index contributed by atoms with van der Waals surface area (Å²) in [5.74, 6) is -0.865. The Morgan fingerprint density at radius 3 is 1.73 bits per heavy atom. The Balaban J connectivity index is 0.000000218. The maximum atomic E-state index is 13.9. The molecular weight excluding hydrogens is 988 g/mol. The Bertz CT molecular complexity index is 3600. The first-order chi connectivity index (χ1) is 37.1. The van der Waals surface area contributed by atoms with Crippen molar-refractivity contribution >= 4 is 58.0 Å². The first kappa shape index (κ1) is 52.5. The summed E-state index contributed by atoms with van der Waals surface area (Å²) in [7, 11) is 1.50. The molecule has 77 heavy (non-hydrogen) atoms. The van der Waals surface area contributed by atoms with Crippen LogP contribution in [0.4, 0.5) is 38.8 Å². The van der Waals surface area contributed by atoms with Crippen molar-refractivity contribution in [2.24, 2.45) is 0 Å². The zero-order chi connectivity index (χ0) is 54.5. The highest BCUT2D eigenvalue weighted by Crippen LogP contribution is 2.45. The normalized spacial score (nSPS) is 12.8. The minimum atomic E-state index is -2.30. The number of carbonyl (C=O) groups is 4. The minimum Gasteiger partial charge on any atom is -0.495 e. The van der Waals surface area contributed by atoms with Crippen LogP contribution in [0.5, 0.6) is 17.2 Å². The van der Waals surface area contributed by atoms with E-state index in [2.05, 4.69) is 61.1 Å². The van der Waals surface area contributed by atoms with Gasteiger partial charge in [0.1, 0.15) is 11.4 Å². The van der Waals surface area contributed by atoms with E-state index >= 15 is 0 Å². The Kier molecular flexibility index (Phi) is 16.3. The van der Waals surface area contributed by atoms with E-state index in [0.29, 0.717) is 51.2 Å². The van der Waals surface area contributed by atoms with Gasteiger partial charge in [0.05, 0.1) is 59.9 Å². The number of aromatic nitrogens is 8. The van der Waals surface area contributed by atoms with Crippen LogP contribution in [0.3, 0.4) is 0 Å². The molecule has 0 saturated heterocycles. The van der Waals surface area contributed by atoms with E-state index in [4.69, 9.17) is 25.7 Å². The lowest BCUT2D eigenvalue weighted by atomic mass is 10.1. The van der Waals surface area contributed by atoms with Crippen LogP contribution in [0.15, 0.2) is 165 Å². The molecule has 10 rings (SSSR count). The van der Waals surface area contributed by atoms with Crippen molar-refractivity contribution < 1.29 is 42.1 Å². The zero-order valence-electron chi connectivity index (χ0n) is 41.6. The maximum absolute atomic E-state index is 13.9. The molecule has 5 aromatic heterocycles. The fraction of sp³-hybridized carbons (Fsp3) is 0.0909. The Labute approximate surface area is 443 Å². The lowest BCUT2D eigenvalue weighted by Crippen LogP contribution is -2.28. The fourth-order valence-electron chi connectivity index (χ4n) is 7.22. The number of fused-ring (bicyclic) bond motifs is 1. The largest absolute Gasteiger partial charge is 0.495 e. The number of para-hydroxylation sites is 1. The molecule has 0 saturated carbocycles. The number of methoxy groups -OCH3 is 1. The fourth-order valence-corrected chi connectivity index (χ4v) is 7.22. The number of alkyl halides is 1. The molecule has 1 aliphatic heterocycles. The third kappa shape index (κ3) is 13.5. The highest BCUT2D eigenvalue weighted by atomic mass is 19.2. The number of anilines is 6. The molecule has 9 aromatic rings. The topological polar surface area (TPSA) is 299 Å². The summed E-state index contributed by atoms with van der Waals surface area (Å²) >= 11 is 0. The van der Waals surface area contributed by atoms with E-state index in [1.165, 1.54) is 26.3 Å². The molecule has 0 aliphatic carbocycles. The van der Waals surface area contributed by atoms with Crippen LogP contribution in [0.2, 0.25) is 0 Å². The molecule has 6 heterocycles. The number of aryl methyl sites for hydroxylation is 1. The van der Waals surface area contributed by atoms with Crippen LogP contribution < -0.4 is 46.9 Å². The number of nitrogens with zero attached hydrogens (tertiary/aromatic N) is 8. The van der Waals surface area contributed by atoms with E-state index in [-0.39, 0.29) is 56.1 Å². The second-order valence-corrected chi connectivity index (χ2v) is 16.5. The number of nitrogen functional groups attached to an aromatic ring is 2. The number of halogens is 1. The molecule has 0 bridgehead atoms. The molecule has 0 radical (unpaired) electrons. The van der Waals surface area contributed by atoms with E-state index in [1.807, 2.05) is 60.7 Å². The number of pyridine rings is 2. The van der Waals surface area contributed by atoms with Crippen molar-refractivity contribution in [3.05, 3.63) is 187 Å². The summed E-state index contributed by atoms with van der Waals surface area (Å²) in [5.41, 5.74) is 18.2. The predicted octanol–water partition coefficient (Wildman–Crippen LogP) is 9.57. The number of nitrogens with one attached hydrogen (secondary N) is 4. The average Bonchev–Trinajstić information content (AvgIpc) is 3.84. The van der Waals surface area contributed by atoms with Gasteiger partial charge >= 0.3 is 6.04 Å². The van der Waals surface area contributed by atoms with Gasteiger partial charge in [0.2, 0.25) is 5.91 Å². The number of nitrogens with two attached hydrogens (primary N) is 2. The highest BCUT2D eigenvalue weighted by Gasteiger charge is 2.38. The molecule has 4 amide bonds. The summed E-state index contributed by atoms with van der Waals surface area (Å²) < 4.78 is 29.4. The quantitative estimate of drug-likeness (QED) is 0.0702. The summed E-state index contributed by atoms with van der Waals surface area (Å²) in [6.45, 7) is 4.26. The summed E-state index contributed by atoms with van der Waals surface area (Å²) in [6, 6.07) is 33.3. The number of hydrogen-bond acceptors (Lipinski definition) is 17. The molecule has 4 aromatic carbocycles. The average molecular weight is 1040 g/mol. The highest BCUT2D eigenvalue weighted by molar-refractivity contribution is 6.08. The van der Waals surface area contributed by atoms with Crippen molar-refractivity contribution in [3.63, 3.8) is 0 Å². The lowest BCUT2D eigenvalue weighted by molar-refractivity contribution is -0.173. The van der Waals surface area contributed by atoms with Gasteiger partial charge in [-0.05, 0) is 61.5 Å². The van der Waals surface area contributed by atoms with Crippen LogP contribution in [0.25, 0.3) is 33.8 Å². The number of rotatable bonds is 11. The third-order valence-corrected chi connectivity index (χ3v) is 10.8. The molecule has 1 aliphatic rings. The molecule has 22 heteroatoms. The van der Waals surface area contributed by atoms with Crippen LogP contribution in [0.1, 0.15) is 55.3 Å². The second-order valence-electron chi connectivity index (χ2n) is 16.5.